The molecular formula is C19H30N4O. The highest BCUT2D eigenvalue weighted by Crippen LogP contribution is 2.24. The number of amides is 1. The molecule has 2 aliphatic rings. The highest BCUT2D eigenvalue weighted by Gasteiger charge is 2.28. The second-order valence-electron chi connectivity index (χ2n) is 7.38. The van der Waals surface area contributed by atoms with Crippen molar-refractivity contribution in [3.63, 3.8) is 0 Å². The van der Waals surface area contributed by atoms with Crippen LogP contribution in [0.15, 0.2) is 6.07 Å². The lowest BCUT2D eigenvalue weighted by molar-refractivity contribution is 0.0601. The zero-order chi connectivity index (χ0) is 17.1. The van der Waals surface area contributed by atoms with Crippen molar-refractivity contribution in [2.45, 2.75) is 65.3 Å². The quantitative estimate of drug-likeness (QED) is 0.852. The van der Waals surface area contributed by atoms with Crippen LogP contribution in [0.4, 0.5) is 5.82 Å². The van der Waals surface area contributed by atoms with Gasteiger partial charge in [0.25, 0.3) is 5.91 Å². The third kappa shape index (κ3) is 3.70. The van der Waals surface area contributed by atoms with Crippen molar-refractivity contribution in [2.24, 2.45) is 5.92 Å². The van der Waals surface area contributed by atoms with Crippen LogP contribution in [0.3, 0.4) is 0 Å². The minimum atomic E-state index is 0.0821. The van der Waals surface area contributed by atoms with Crippen LogP contribution in [0.5, 0.6) is 0 Å². The monoisotopic (exact) mass is 330 g/mol. The van der Waals surface area contributed by atoms with Crippen LogP contribution >= 0.6 is 0 Å². The second kappa shape index (κ2) is 7.49. The first-order valence-electron chi connectivity index (χ1n) is 9.50. The molecule has 2 aliphatic heterocycles. The molecule has 0 saturated carbocycles. The molecule has 1 amide bonds. The molecule has 0 bridgehead atoms. The van der Waals surface area contributed by atoms with Crippen LogP contribution in [-0.4, -0.2) is 46.5 Å². The van der Waals surface area contributed by atoms with E-state index in [0.29, 0.717) is 17.6 Å². The van der Waals surface area contributed by atoms with Crippen molar-refractivity contribution in [3.8, 4) is 0 Å². The zero-order valence-corrected chi connectivity index (χ0v) is 15.3. The largest absolute Gasteiger partial charge is 0.356 e. The van der Waals surface area contributed by atoms with Gasteiger partial charge in [0.1, 0.15) is 17.3 Å². The molecule has 1 aromatic heterocycles. The number of aromatic nitrogens is 2. The summed E-state index contributed by atoms with van der Waals surface area (Å²) in [5.74, 6) is 2.48. The van der Waals surface area contributed by atoms with Crippen molar-refractivity contribution in [2.75, 3.05) is 24.5 Å². The molecule has 5 nitrogen and oxygen atoms in total. The SMILES string of the molecule is CCC1CCCCN1C(=O)c1cc(N2CCC(C)CC2)nc(C)n1. The minimum Gasteiger partial charge on any atom is -0.356 e. The topological polar surface area (TPSA) is 49.3 Å². The van der Waals surface area contributed by atoms with Gasteiger partial charge in [0.2, 0.25) is 0 Å². The van der Waals surface area contributed by atoms with Crippen LogP contribution < -0.4 is 4.90 Å². The predicted molar refractivity (Wildman–Crippen MR) is 96.3 cm³/mol. The van der Waals surface area contributed by atoms with Gasteiger partial charge in [-0.1, -0.05) is 13.8 Å². The van der Waals surface area contributed by atoms with Gasteiger partial charge in [-0.15, -0.1) is 0 Å². The molecular weight excluding hydrogens is 300 g/mol. The summed E-state index contributed by atoms with van der Waals surface area (Å²) in [5, 5.41) is 0. The van der Waals surface area contributed by atoms with Crippen LogP contribution in [0.2, 0.25) is 0 Å². The molecule has 0 spiro atoms. The highest BCUT2D eigenvalue weighted by atomic mass is 16.2. The van der Waals surface area contributed by atoms with Gasteiger partial charge in [0.05, 0.1) is 0 Å². The van der Waals surface area contributed by atoms with E-state index in [1.807, 2.05) is 17.9 Å². The van der Waals surface area contributed by atoms with Gasteiger partial charge < -0.3 is 9.80 Å². The molecule has 0 radical (unpaired) electrons. The first-order chi connectivity index (χ1) is 11.6. The molecule has 1 unspecified atom stereocenters. The lowest BCUT2D eigenvalue weighted by Crippen LogP contribution is -2.44. The van der Waals surface area contributed by atoms with Crippen molar-refractivity contribution < 1.29 is 4.79 Å². The number of aryl methyl sites for hydroxylation is 1. The van der Waals surface area contributed by atoms with Gasteiger partial charge in [-0.2, -0.15) is 0 Å². The average molecular weight is 330 g/mol. The van der Waals surface area contributed by atoms with Crippen molar-refractivity contribution in [1.82, 2.24) is 14.9 Å². The molecule has 3 rings (SSSR count). The molecule has 5 heteroatoms. The minimum absolute atomic E-state index is 0.0821. The fourth-order valence-corrected chi connectivity index (χ4v) is 3.90. The Hall–Kier alpha value is -1.65. The standard InChI is InChI=1S/C19H30N4O/c1-4-16-7-5-6-10-23(16)19(24)17-13-18(21-15(3)20-17)22-11-8-14(2)9-12-22/h13-14,16H,4-12H2,1-3H3. The summed E-state index contributed by atoms with van der Waals surface area (Å²) in [7, 11) is 0. The van der Waals surface area contributed by atoms with Gasteiger partial charge in [0, 0.05) is 31.7 Å². The van der Waals surface area contributed by atoms with Gasteiger partial charge >= 0.3 is 0 Å². The Morgan fingerprint density at radius 1 is 1.17 bits per heavy atom. The summed E-state index contributed by atoms with van der Waals surface area (Å²) in [4.78, 5) is 26.4. The lowest BCUT2D eigenvalue weighted by Gasteiger charge is -2.35. The Balaban J connectivity index is 1.81. The van der Waals surface area contributed by atoms with Crippen LogP contribution in [0.25, 0.3) is 0 Å². The summed E-state index contributed by atoms with van der Waals surface area (Å²) in [6, 6.07) is 2.27. The summed E-state index contributed by atoms with van der Waals surface area (Å²) >= 11 is 0. The van der Waals surface area contributed by atoms with E-state index in [1.165, 1.54) is 19.3 Å². The van der Waals surface area contributed by atoms with Gasteiger partial charge in [-0.3, -0.25) is 4.79 Å². The summed E-state index contributed by atoms with van der Waals surface area (Å²) in [6.45, 7) is 9.26. The van der Waals surface area contributed by atoms with E-state index in [2.05, 4.69) is 28.7 Å². The second-order valence-corrected chi connectivity index (χ2v) is 7.38. The smallest absolute Gasteiger partial charge is 0.272 e. The molecule has 0 N–H and O–H groups in total. The Labute approximate surface area is 145 Å². The molecule has 1 aromatic rings. The fourth-order valence-electron chi connectivity index (χ4n) is 3.90. The normalized spacial score (nSPS) is 22.7. The van der Waals surface area contributed by atoms with Crippen LogP contribution in [0, 0.1) is 12.8 Å². The van der Waals surface area contributed by atoms with E-state index in [4.69, 9.17) is 0 Å². The number of hydrogen-bond donors (Lipinski definition) is 0. The molecule has 2 fully saturated rings. The molecule has 1 atom stereocenters. The third-order valence-electron chi connectivity index (χ3n) is 5.51. The van der Waals surface area contributed by atoms with E-state index in [-0.39, 0.29) is 5.91 Å². The predicted octanol–water partition coefficient (Wildman–Crippen LogP) is 3.43. The maximum atomic E-state index is 13.0. The average Bonchev–Trinajstić information content (AvgIpc) is 2.61. The third-order valence-corrected chi connectivity index (χ3v) is 5.51. The maximum absolute atomic E-state index is 13.0. The number of carbonyl (C=O) groups is 1. The first-order valence-corrected chi connectivity index (χ1v) is 9.50. The number of anilines is 1. The maximum Gasteiger partial charge on any atom is 0.272 e. The highest BCUT2D eigenvalue weighted by molar-refractivity contribution is 5.93. The molecule has 24 heavy (non-hydrogen) atoms. The van der Waals surface area contributed by atoms with Gasteiger partial charge in [-0.25, -0.2) is 9.97 Å². The Morgan fingerprint density at radius 3 is 2.62 bits per heavy atom. The molecule has 3 heterocycles. The number of rotatable bonds is 3. The number of carbonyl (C=O) groups excluding carboxylic acids is 1. The molecule has 0 aliphatic carbocycles. The van der Waals surface area contributed by atoms with Crippen LogP contribution in [0.1, 0.15) is 68.7 Å². The van der Waals surface area contributed by atoms with E-state index in [9.17, 15) is 4.79 Å². The number of likely N-dealkylation sites (tertiary alicyclic amines) is 1. The van der Waals surface area contributed by atoms with Crippen molar-refractivity contribution in [1.29, 1.82) is 0 Å². The van der Waals surface area contributed by atoms with Crippen molar-refractivity contribution in [3.05, 3.63) is 17.6 Å². The lowest BCUT2D eigenvalue weighted by atomic mass is 9.99. The van der Waals surface area contributed by atoms with Gasteiger partial charge in [0.15, 0.2) is 0 Å². The molecule has 0 aromatic carbocycles. The van der Waals surface area contributed by atoms with E-state index >= 15 is 0 Å². The van der Waals surface area contributed by atoms with E-state index in [1.54, 1.807) is 0 Å². The van der Waals surface area contributed by atoms with Crippen LogP contribution in [-0.2, 0) is 0 Å². The fraction of sp³-hybridized carbons (Fsp3) is 0.737. The van der Waals surface area contributed by atoms with Crippen molar-refractivity contribution >= 4 is 11.7 Å². The Bertz CT molecular complexity index is 581. The summed E-state index contributed by atoms with van der Waals surface area (Å²) < 4.78 is 0. The van der Waals surface area contributed by atoms with E-state index in [0.717, 1.165) is 50.6 Å². The Morgan fingerprint density at radius 2 is 1.92 bits per heavy atom. The summed E-state index contributed by atoms with van der Waals surface area (Å²) in [5.41, 5.74) is 0.566. The van der Waals surface area contributed by atoms with E-state index < -0.39 is 0 Å². The number of hydrogen-bond acceptors (Lipinski definition) is 4. The number of piperidine rings is 2. The number of nitrogens with zero attached hydrogens (tertiary/aromatic N) is 4. The molecule has 132 valence electrons. The zero-order valence-electron chi connectivity index (χ0n) is 15.3. The molecule has 2 saturated heterocycles. The summed E-state index contributed by atoms with van der Waals surface area (Å²) in [6.07, 6.45) is 6.84. The Kier molecular flexibility index (Phi) is 5.36. The first kappa shape index (κ1) is 17.2. The van der Waals surface area contributed by atoms with Gasteiger partial charge in [-0.05, 0) is 51.4 Å².